The zero-order valence-corrected chi connectivity index (χ0v) is 17.1. The number of non-ortho nitro benzene ring substituents is 1. The lowest BCUT2D eigenvalue weighted by Crippen LogP contribution is -2.44. The van der Waals surface area contributed by atoms with Gasteiger partial charge >= 0.3 is 0 Å². The van der Waals surface area contributed by atoms with Gasteiger partial charge in [0.15, 0.2) is 0 Å². The van der Waals surface area contributed by atoms with Gasteiger partial charge in [-0.25, -0.2) is 0 Å². The van der Waals surface area contributed by atoms with E-state index in [2.05, 4.69) is 22.3 Å². The second kappa shape index (κ2) is 9.29. The third-order valence-corrected chi connectivity index (χ3v) is 5.10. The van der Waals surface area contributed by atoms with E-state index in [1.807, 2.05) is 30.0 Å². The first-order valence-electron chi connectivity index (χ1n) is 9.30. The van der Waals surface area contributed by atoms with Gasteiger partial charge < -0.3 is 15.1 Å². The summed E-state index contributed by atoms with van der Waals surface area (Å²) in [5.74, 6) is -0.666. The summed E-state index contributed by atoms with van der Waals surface area (Å²) in [6, 6.07) is 13.9. The molecule has 1 fully saturated rings. The van der Waals surface area contributed by atoms with E-state index in [9.17, 15) is 20.2 Å². The summed E-state index contributed by atoms with van der Waals surface area (Å²) in [6.45, 7) is 4.88. The lowest BCUT2D eigenvalue weighted by molar-refractivity contribution is -0.384. The third kappa shape index (κ3) is 5.07. The molecule has 0 saturated carbocycles. The van der Waals surface area contributed by atoms with Crippen LogP contribution in [0.1, 0.15) is 5.56 Å². The molecule has 0 atom stereocenters. The average molecular weight is 426 g/mol. The van der Waals surface area contributed by atoms with Gasteiger partial charge in [-0.1, -0.05) is 23.7 Å². The smallest absolute Gasteiger partial charge is 0.271 e. The number of benzene rings is 2. The highest BCUT2D eigenvalue weighted by Crippen LogP contribution is 2.27. The standard InChI is InChI=1S/C21H20ClN5O3/c1-15-3-2-4-17(11-15)26-9-7-25(8-10-26)14-16(13-23)21(28)24-20-12-18(27(29)30)5-6-19(20)22/h2-6,11-12,14H,7-10H2,1H3,(H,24,28)/b16-14-. The van der Waals surface area contributed by atoms with Crippen LogP contribution in [0.4, 0.5) is 17.1 Å². The molecule has 1 aliphatic heterocycles. The van der Waals surface area contributed by atoms with Gasteiger partial charge in [-0.3, -0.25) is 14.9 Å². The van der Waals surface area contributed by atoms with Crippen LogP contribution in [0.2, 0.25) is 5.02 Å². The molecule has 0 bridgehead atoms. The lowest BCUT2D eigenvalue weighted by atomic mass is 10.2. The van der Waals surface area contributed by atoms with E-state index >= 15 is 0 Å². The van der Waals surface area contributed by atoms with Crippen molar-refractivity contribution in [3.63, 3.8) is 0 Å². The number of hydrogen-bond donors (Lipinski definition) is 1. The van der Waals surface area contributed by atoms with Gasteiger partial charge in [-0.2, -0.15) is 5.26 Å². The number of hydrogen-bond acceptors (Lipinski definition) is 6. The van der Waals surface area contributed by atoms with Crippen molar-refractivity contribution in [2.45, 2.75) is 6.92 Å². The fourth-order valence-corrected chi connectivity index (χ4v) is 3.33. The summed E-state index contributed by atoms with van der Waals surface area (Å²) < 4.78 is 0. The van der Waals surface area contributed by atoms with Crippen molar-refractivity contribution >= 4 is 34.6 Å². The SMILES string of the molecule is Cc1cccc(N2CCN(/C=C(/C#N)C(=O)Nc3cc([N+](=O)[O-])ccc3Cl)CC2)c1. The summed E-state index contributed by atoms with van der Waals surface area (Å²) in [4.78, 5) is 27.0. The van der Waals surface area contributed by atoms with Gasteiger partial charge in [0, 0.05) is 50.2 Å². The summed E-state index contributed by atoms with van der Waals surface area (Å²) >= 11 is 6.01. The molecular weight excluding hydrogens is 406 g/mol. The normalized spacial score (nSPS) is 14.2. The molecule has 2 aromatic rings. The van der Waals surface area contributed by atoms with E-state index in [0.717, 1.165) is 24.8 Å². The Balaban J connectivity index is 1.66. The maximum atomic E-state index is 12.5. The first-order chi connectivity index (χ1) is 14.4. The molecule has 1 N–H and O–H groups in total. The Morgan fingerprint density at radius 1 is 1.23 bits per heavy atom. The highest BCUT2D eigenvalue weighted by atomic mass is 35.5. The molecule has 8 nitrogen and oxygen atoms in total. The van der Waals surface area contributed by atoms with Crippen LogP contribution >= 0.6 is 11.6 Å². The molecule has 1 amide bonds. The zero-order valence-electron chi connectivity index (χ0n) is 16.3. The fraction of sp³-hybridized carbons (Fsp3) is 0.238. The van der Waals surface area contributed by atoms with Crippen LogP contribution in [0, 0.1) is 28.4 Å². The number of nitrogens with one attached hydrogen (secondary N) is 1. The Morgan fingerprint density at radius 2 is 1.97 bits per heavy atom. The lowest BCUT2D eigenvalue weighted by Gasteiger charge is -2.35. The minimum absolute atomic E-state index is 0.0845. The minimum Gasteiger partial charge on any atom is -0.373 e. The molecule has 154 valence electrons. The van der Waals surface area contributed by atoms with Crippen LogP contribution in [-0.4, -0.2) is 41.9 Å². The van der Waals surface area contributed by atoms with Crippen molar-refractivity contribution in [3.05, 3.63) is 74.9 Å². The molecule has 9 heteroatoms. The Kier molecular flexibility index (Phi) is 6.54. The molecule has 1 saturated heterocycles. The number of rotatable bonds is 5. The van der Waals surface area contributed by atoms with Crippen LogP contribution in [0.25, 0.3) is 0 Å². The maximum Gasteiger partial charge on any atom is 0.271 e. The van der Waals surface area contributed by atoms with Crippen molar-refractivity contribution in [2.24, 2.45) is 0 Å². The number of piperazine rings is 1. The topological polar surface area (TPSA) is 103 Å². The molecule has 1 aliphatic rings. The minimum atomic E-state index is -0.666. The first-order valence-corrected chi connectivity index (χ1v) is 9.68. The Morgan fingerprint density at radius 3 is 2.60 bits per heavy atom. The fourth-order valence-electron chi connectivity index (χ4n) is 3.17. The number of nitro groups is 1. The highest BCUT2D eigenvalue weighted by Gasteiger charge is 2.19. The number of carbonyl (C=O) groups excluding carboxylic acids is 1. The van der Waals surface area contributed by atoms with Crippen LogP contribution in [0.15, 0.2) is 54.2 Å². The van der Waals surface area contributed by atoms with Crippen molar-refractivity contribution in [3.8, 4) is 6.07 Å². The Bertz CT molecular complexity index is 1040. The molecule has 3 rings (SSSR count). The van der Waals surface area contributed by atoms with Crippen molar-refractivity contribution in [1.29, 1.82) is 5.26 Å². The summed E-state index contributed by atoms with van der Waals surface area (Å²) in [5.41, 5.74) is 2.13. The number of nitro benzene ring substituents is 1. The van der Waals surface area contributed by atoms with Crippen molar-refractivity contribution in [1.82, 2.24) is 4.90 Å². The van der Waals surface area contributed by atoms with E-state index < -0.39 is 10.8 Å². The average Bonchev–Trinajstić information content (AvgIpc) is 2.73. The Hall–Kier alpha value is -3.57. The first kappa shape index (κ1) is 21.1. The largest absolute Gasteiger partial charge is 0.373 e. The number of amides is 1. The van der Waals surface area contributed by atoms with E-state index in [4.69, 9.17) is 11.6 Å². The van der Waals surface area contributed by atoms with Crippen molar-refractivity contribution in [2.75, 3.05) is 36.4 Å². The molecule has 0 aromatic heterocycles. The van der Waals surface area contributed by atoms with Gasteiger partial charge in [0.25, 0.3) is 11.6 Å². The number of nitrogens with zero attached hydrogens (tertiary/aromatic N) is 4. The number of anilines is 2. The van der Waals surface area contributed by atoms with E-state index in [1.54, 1.807) is 0 Å². The third-order valence-electron chi connectivity index (χ3n) is 4.77. The van der Waals surface area contributed by atoms with Gasteiger partial charge in [-0.05, 0) is 30.7 Å². The summed E-state index contributed by atoms with van der Waals surface area (Å²) in [7, 11) is 0. The second-order valence-electron chi connectivity index (χ2n) is 6.89. The predicted molar refractivity (Wildman–Crippen MR) is 115 cm³/mol. The van der Waals surface area contributed by atoms with E-state index in [-0.39, 0.29) is 22.0 Å². The van der Waals surface area contributed by atoms with Gasteiger partial charge in [0.1, 0.15) is 11.6 Å². The number of nitriles is 1. The van der Waals surface area contributed by atoms with Crippen molar-refractivity contribution < 1.29 is 9.72 Å². The number of halogens is 1. The molecule has 0 aliphatic carbocycles. The van der Waals surface area contributed by atoms with Gasteiger partial charge in [0.05, 0.1) is 15.6 Å². The molecule has 0 unspecified atom stereocenters. The maximum absolute atomic E-state index is 12.5. The highest BCUT2D eigenvalue weighted by molar-refractivity contribution is 6.34. The quantitative estimate of drug-likeness (QED) is 0.339. The molecule has 0 radical (unpaired) electrons. The van der Waals surface area contributed by atoms with Gasteiger partial charge in [-0.15, -0.1) is 0 Å². The van der Waals surface area contributed by atoms with Crippen LogP contribution in [-0.2, 0) is 4.79 Å². The number of carbonyl (C=O) groups is 1. The van der Waals surface area contributed by atoms with E-state index in [1.165, 1.54) is 23.9 Å². The molecule has 1 heterocycles. The predicted octanol–water partition coefficient (Wildman–Crippen LogP) is 3.72. The number of aryl methyl sites for hydroxylation is 1. The van der Waals surface area contributed by atoms with E-state index in [0.29, 0.717) is 13.1 Å². The summed E-state index contributed by atoms with van der Waals surface area (Å²) in [5, 5.41) is 23.0. The molecule has 2 aromatic carbocycles. The Labute approximate surface area is 179 Å². The zero-order chi connectivity index (χ0) is 21.7. The van der Waals surface area contributed by atoms with Crippen LogP contribution in [0.5, 0.6) is 0 Å². The van der Waals surface area contributed by atoms with Gasteiger partial charge in [0.2, 0.25) is 0 Å². The molecular formula is C21H20ClN5O3. The molecule has 30 heavy (non-hydrogen) atoms. The van der Waals surface area contributed by atoms with Crippen LogP contribution in [0.3, 0.4) is 0 Å². The molecule has 0 spiro atoms. The summed E-state index contributed by atoms with van der Waals surface area (Å²) in [6.07, 6.45) is 1.52. The monoisotopic (exact) mass is 425 g/mol. The second-order valence-corrected chi connectivity index (χ2v) is 7.30. The van der Waals surface area contributed by atoms with Crippen LogP contribution < -0.4 is 10.2 Å².